The van der Waals surface area contributed by atoms with Gasteiger partial charge in [0.1, 0.15) is 17.7 Å². The van der Waals surface area contributed by atoms with Crippen molar-refractivity contribution in [2.45, 2.75) is 33.6 Å². The van der Waals surface area contributed by atoms with Crippen molar-refractivity contribution in [2.24, 2.45) is 7.05 Å². The Balaban J connectivity index is 1.71. The fourth-order valence-corrected chi connectivity index (χ4v) is 3.98. The summed E-state index contributed by atoms with van der Waals surface area (Å²) < 4.78 is 16.7. The molecular formula is C23H23FN6O2. The Bertz CT molecular complexity index is 1310. The summed E-state index contributed by atoms with van der Waals surface area (Å²) in [7, 11) is 1.88. The van der Waals surface area contributed by atoms with E-state index in [1.54, 1.807) is 32.0 Å². The van der Waals surface area contributed by atoms with Crippen LogP contribution in [-0.2, 0) is 19.9 Å². The number of hydrogen-bond acceptors (Lipinski definition) is 5. The number of nitrogens with zero attached hydrogens (tertiary/aromatic N) is 6. The lowest BCUT2D eigenvalue weighted by atomic mass is 10.0. The van der Waals surface area contributed by atoms with Crippen LogP contribution in [-0.4, -0.2) is 40.6 Å². The van der Waals surface area contributed by atoms with Crippen molar-refractivity contribution in [3.63, 3.8) is 0 Å². The smallest absolute Gasteiger partial charge is 0.339 e. The minimum absolute atomic E-state index is 0.175. The number of halogens is 1. The van der Waals surface area contributed by atoms with Crippen molar-refractivity contribution in [1.29, 1.82) is 0 Å². The number of rotatable bonds is 6. The van der Waals surface area contributed by atoms with Crippen molar-refractivity contribution < 1.29 is 14.3 Å². The highest BCUT2D eigenvalue weighted by Crippen LogP contribution is 2.27. The second kappa shape index (κ2) is 8.33. The Morgan fingerprint density at radius 3 is 2.47 bits per heavy atom. The van der Waals surface area contributed by atoms with E-state index >= 15 is 0 Å². The number of aryl methyl sites for hydroxylation is 2. The van der Waals surface area contributed by atoms with Crippen LogP contribution < -0.4 is 0 Å². The molecule has 1 N–H and O–H groups in total. The van der Waals surface area contributed by atoms with Gasteiger partial charge in [-0.3, -0.25) is 4.68 Å². The summed E-state index contributed by atoms with van der Waals surface area (Å²) in [4.78, 5) is 20.2. The fraction of sp³-hybridized carbons (Fsp3) is 0.261. The van der Waals surface area contributed by atoms with E-state index < -0.39 is 5.97 Å². The topological polar surface area (TPSA) is 98.7 Å². The summed E-state index contributed by atoms with van der Waals surface area (Å²) in [5.41, 5.74) is 5.61. The van der Waals surface area contributed by atoms with Gasteiger partial charge in [-0.2, -0.15) is 10.2 Å². The molecule has 4 aromatic rings. The van der Waals surface area contributed by atoms with Crippen molar-refractivity contribution in [3.8, 4) is 17.1 Å². The van der Waals surface area contributed by atoms with Crippen molar-refractivity contribution in [1.82, 2.24) is 29.5 Å². The van der Waals surface area contributed by atoms with Gasteiger partial charge in [0.05, 0.1) is 22.8 Å². The summed E-state index contributed by atoms with van der Waals surface area (Å²) in [6.07, 6.45) is 2.71. The standard InChI is InChI=1S/C23H23FN6O2/c1-5-18-19(29(4)28-22(18)15-6-8-16(24)9-7-15)10-17-11-20(26-12-25-17)30-14(3)21(23(31)32)13(2)27-30/h6-9,11-12H,5,10H2,1-4H3,(H,31,32). The molecule has 0 atom stereocenters. The van der Waals surface area contributed by atoms with E-state index in [0.29, 0.717) is 23.6 Å². The lowest BCUT2D eigenvalue weighted by molar-refractivity contribution is 0.0695. The molecule has 8 nitrogen and oxygen atoms in total. The number of aromatic nitrogens is 6. The average Bonchev–Trinajstić information content (AvgIpc) is 3.24. The van der Waals surface area contributed by atoms with Crippen LogP contribution in [0.3, 0.4) is 0 Å². The Hall–Kier alpha value is -3.88. The summed E-state index contributed by atoms with van der Waals surface area (Å²) in [6, 6.07) is 8.12. The summed E-state index contributed by atoms with van der Waals surface area (Å²) in [5.74, 6) is -0.801. The third-order valence-electron chi connectivity index (χ3n) is 5.53. The van der Waals surface area contributed by atoms with E-state index in [0.717, 1.165) is 34.6 Å². The van der Waals surface area contributed by atoms with E-state index in [9.17, 15) is 14.3 Å². The number of hydrogen-bond donors (Lipinski definition) is 1. The molecular weight excluding hydrogens is 411 g/mol. The van der Waals surface area contributed by atoms with E-state index in [1.165, 1.54) is 23.1 Å². The highest BCUT2D eigenvalue weighted by atomic mass is 19.1. The van der Waals surface area contributed by atoms with Gasteiger partial charge in [-0.1, -0.05) is 6.92 Å². The number of benzene rings is 1. The highest BCUT2D eigenvalue weighted by Gasteiger charge is 2.20. The third kappa shape index (κ3) is 3.77. The van der Waals surface area contributed by atoms with Crippen LogP contribution >= 0.6 is 0 Å². The Kier molecular flexibility index (Phi) is 5.56. The second-order valence-corrected chi connectivity index (χ2v) is 7.57. The lowest BCUT2D eigenvalue weighted by Crippen LogP contribution is -2.07. The molecule has 0 saturated carbocycles. The lowest BCUT2D eigenvalue weighted by Gasteiger charge is -2.08. The molecule has 164 valence electrons. The molecule has 1 aromatic carbocycles. The molecule has 0 aliphatic rings. The van der Waals surface area contributed by atoms with E-state index in [1.807, 2.05) is 11.7 Å². The second-order valence-electron chi connectivity index (χ2n) is 7.57. The molecule has 0 radical (unpaired) electrons. The number of aromatic carboxylic acids is 1. The van der Waals surface area contributed by atoms with Gasteiger partial charge in [0.2, 0.25) is 0 Å². The molecule has 0 aliphatic heterocycles. The molecule has 0 spiro atoms. The summed E-state index contributed by atoms with van der Waals surface area (Å²) in [5, 5.41) is 18.5. The molecule has 3 heterocycles. The average molecular weight is 434 g/mol. The predicted octanol–water partition coefficient (Wildman–Crippen LogP) is 3.67. The van der Waals surface area contributed by atoms with Crippen LogP contribution in [0, 0.1) is 19.7 Å². The van der Waals surface area contributed by atoms with Gasteiger partial charge in [-0.05, 0) is 44.5 Å². The van der Waals surface area contributed by atoms with Crippen molar-refractivity contribution in [2.75, 3.05) is 0 Å². The minimum atomic E-state index is -1.02. The first-order valence-corrected chi connectivity index (χ1v) is 10.2. The van der Waals surface area contributed by atoms with Crippen LogP contribution in [0.5, 0.6) is 0 Å². The Morgan fingerprint density at radius 1 is 1.12 bits per heavy atom. The molecule has 3 aromatic heterocycles. The van der Waals surface area contributed by atoms with Crippen LogP contribution in [0.15, 0.2) is 36.7 Å². The Morgan fingerprint density at radius 2 is 1.84 bits per heavy atom. The SMILES string of the molecule is CCc1c(-c2ccc(F)cc2)nn(C)c1Cc1cc(-n2nc(C)c(C(=O)O)c2C)ncn1. The van der Waals surface area contributed by atoms with Gasteiger partial charge in [-0.25, -0.2) is 23.8 Å². The first-order valence-electron chi connectivity index (χ1n) is 10.2. The van der Waals surface area contributed by atoms with Crippen molar-refractivity contribution >= 4 is 5.97 Å². The number of carbonyl (C=O) groups is 1. The zero-order valence-corrected chi connectivity index (χ0v) is 18.3. The largest absolute Gasteiger partial charge is 0.478 e. The highest BCUT2D eigenvalue weighted by molar-refractivity contribution is 5.90. The molecule has 0 amide bonds. The third-order valence-corrected chi connectivity index (χ3v) is 5.53. The van der Waals surface area contributed by atoms with Gasteiger partial charge in [0, 0.05) is 36.4 Å². The molecule has 0 aliphatic carbocycles. The molecule has 9 heteroatoms. The first-order chi connectivity index (χ1) is 15.3. The molecule has 0 bridgehead atoms. The molecule has 0 fully saturated rings. The van der Waals surface area contributed by atoms with Gasteiger partial charge in [0.25, 0.3) is 0 Å². The van der Waals surface area contributed by atoms with Gasteiger partial charge >= 0.3 is 5.97 Å². The van der Waals surface area contributed by atoms with Crippen LogP contribution in [0.4, 0.5) is 4.39 Å². The van der Waals surface area contributed by atoms with Gasteiger partial charge in [0.15, 0.2) is 5.82 Å². The van der Waals surface area contributed by atoms with Crippen LogP contribution in [0.1, 0.15) is 45.6 Å². The molecule has 0 saturated heterocycles. The summed E-state index contributed by atoms with van der Waals surface area (Å²) >= 11 is 0. The maximum absolute atomic E-state index is 13.4. The molecule has 32 heavy (non-hydrogen) atoms. The number of carboxylic acid groups (broad SMARTS) is 1. The minimum Gasteiger partial charge on any atom is -0.478 e. The van der Waals surface area contributed by atoms with Gasteiger partial charge < -0.3 is 5.11 Å². The maximum atomic E-state index is 13.4. The predicted molar refractivity (Wildman–Crippen MR) is 116 cm³/mol. The van der Waals surface area contributed by atoms with Crippen molar-refractivity contribution in [3.05, 3.63) is 76.4 Å². The fourth-order valence-electron chi connectivity index (χ4n) is 3.98. The first kappa shape index (κ1) is 21.4. The quantitative estimate of drug-likeness (QED) is 0.497. The van der Waals surface area contributed by atoms with E-state index in [2.05, 4.69) is 27.1 Å². The van der Waals surface area contributed by atoms with Gasteiger partial charge in [-0.15, -0.1) is 0 Å². The zero-order chi connectivity index (χ0) is 23.0. The normalized spacial score (nSPS) is 11.2. The molecule has 4 rings (SSSR count). The van der Waals surface area contributed by atoms with Crippen LogP contribution in [0.2, 0.25) is 0 Å². The zero-order valence-electron chi connectivity index (χ0n) is 18.3. The monoisotopic (exact) mass is 434 g/mol. The van der Waals surface area contributed by atoms with E-state index in [4.69, 9.17) is 0 Å². The maximum Gasteiger partial charge on any atom is 0.339 e. The number of carboxylic acids is 1. The Labute approximate surface area is 184 Å². The van der Waals surface area contributed by atoms with E-state index in [-0.39, 0.29) is 11.4 Å². The van der Waals surface area contributed by atoms with Crippen LogP contribution in [0.25, 0.3) is 17.1 Å². The molecule has 0 unspecified atom stereocenters. The summed E-state index contributed by atoms with van der Waals surface area (Å²) in [6.45, 7) is 5.42.